The van der Waals surface area contributed by atoms with Crippen molar-refractivity contribution in [2.75, 3.05) is 5.32 Å². The molecule has 0 amide bonds. The van der Waals surface area contributed by atoms with Crippen molar-refractivity contribution in [1.82, 2.24) is 0 Å². The Balaban J connectivity index is 1.68. The molecule has 3 aromatic carbocycles. The van der Waals surface area contributed by atoms with E-state index in [1.54, 1.807) is 0 Å². The molecule has 0 spiro atoms. The van der Waals surface area contributed by atoms with E-state index in [4.69, 9.17) is 0 Å². The summed E-state index contributed by atoms with van der Waals surface area (Å²) in [6.07, 6.45) is 3.80. The summed E-state index contributed by atoms with van der Waals surface area (Å²) in [4.78, 5) is 0. The molecule has 1 N–H and O–H groups in total. The summed E-state index contributed by atoms with van der Waals surface area (Å²) in [5.74, 6) is 0.761. The fourth-order valence-corrected chi connectivity index (χ4v) is 4.75. The number of rotatable bonds is 9. The van der Waals surface area contributed by atoms with Crippen molar-refractivity contribution in [2.24, 2.45) is 5.92 Å². The van der Waals surface area contributed by atoms with Gasteiger partial charge in [0.05, 0.1) is 0 Å². The van der Waals surface area contributed by atoms with E-state index in [-0.39, 0.29) is 10.8 Å². The molecule has 0 aliphatic heterocycles. The highest BCUT2D eigenvalue weighted by atomic mass is 14.9. The van der Waals surface area contributed by atoms with Crippen LogP contribution in [0.2, 0.25) is 0 Å². The fourth-order valence-electron chi connectivity index (χ4n) is 4.75. The lowest BCUT2D eigenvalue weighted by atomic mass is 9.76. The summed E-state index contributed by atoms with van der Waals surface area (Å²) in [6.45, 7) is 14.0. The van der Waals surface area contributed by atoms with Gasteiger partial charge in [0.1, 0.15) is 0 Å². The van der Waals surface area contributed by atoms with Gasteiger partial charge in [0.15, 0.2) is 0 Å². The molecule has 0 aromatic heterocycles. The minimum absolute atomic E-state index is 0.0120. The Bertz CT molecular complexity index is 934. The molecule has 1 nitrogen and oxygen atoms in total. The maximum absolute atomic E-state index is 3.56. The lowest BCUT2D eigenvalue weighted by Gasteiger charge is -2.29. The summed E-state index contributed by atoms with van der Waals surface area (Å²) >= 11 is 0. The van der Waals surface area contributed by atoms with Gasteiger partial charge >= 0.3 is 0 Å². The lowest BCUT2D eigenvalue weighted by molar-refractivity contribution is 0.361. The Morgan fingerprint density at radius 1 is 0.677 bits per heavy atom. The normalized spacial score (nSPS) is 13.1. The molecular weight excluding hydrogens is 374 g/mol. The molecule has 0 radical (unpaired) electrons. The van der Waals surface area contributed by atoms with Gasteiger partial charge in [-0.1, -0.05) is 109 Å². The van der Waals surface area contributed by atoms with E-state index in [0.717, 1.165) is 17.3 Å². The van der Waals surface area contributed by atoms with Gasteiger partial charge in [0, 0.05) is 16.8 Å². The number of anilines is 2. The average Bonchev–Trinajstić information content (AvgIpc) is 2.75. The van der Waals surface area contributed by atoms with E-state index in [9.17, 15) is 0 Å². The second kappa shape index (κ2) is 9.73. The second-order valence-electron chi connectivity index (χ2n) is 10.3. The van der Waals surface area contributed by atoms with E-state index in [0.29, 0.717) is 0 Å². The Hall–Kier alpha value is -2.54. The molecule has 3 rings (SSSR count). The van der Waals surface area contributed by atoms with Gasteiger partial charge in [-0.3, -0.25) is 0 Å². The van der Waals surface area contributed by atoms with Crippen molar-refractivity contribution >= 4 is 11.4 Å². The highest BCUT2D eigenvalue weighted by molar-refractivity contribution is 5.61. The standard InChI is InChI=1S/C30H39N/c1-7-11-23(2)22-29(3,4)24-14-18-27(19-15-24)31-28-20-16-26(17-21-28)30(5,6)25-12-9-8-10-13-25/h8-10,12-21,23,31H,7,11,22H2,1-6H3. The van der Waals surface area contributed by atoms with Gasteiger partial charge in [0.2, 0.25) is 0 Å². The lowest BCUT2D eigenvalue weighted by Crippen LogP contribution is -2.20. The van der Waals surface area contributed by atoms with E-state index in [1.807, 2.05) is 0 Å². The molecule has 0 heterocycles. The van der Waals surface area contributed by atoms with Crippen LogP contribution in [-0.4, -0.2) is 0 Å². The van der Waals surface area contributed by atoms with Crippen LogP contribution in [-0.2, 0) is 10.8 Å². The minimum Gasteiger partial charge on any atom is -0.356 e. The van der Waals surface area contributed by atoms with Crippen LogP contribution < -0.4 is 5.32 Å². The fraction of sp³-hybridized carbons (Fsp3) is 0.400. The van der Waals surface area contributed by atoms with Crippen molar-refractivity contribution in [1.29, 1.82) is 0 Å². The van der Waals surface area contributed by atoms with Gasteiger partial charge in [-0.15, -0.1) is 0 Å². The molecule has 164 valence electrons. The third-order valence-corrected chi connectivity index (χ3v) is 6.70. The zero-order valence-electron chi connectivity index (χ0n) is 20.2. The average molecular weight is 414 g/mol. The van der Waals surface area contributed by atoms with Crippen LogP contribution in [0.1, 0.15) is 77.5 Å². The zero-order chi connectivity index (χ0) is 22.5. The first-order chi connectivity index (χ1) is 14.7. The smallest absolute Gasteiger partial charge is 0.0384 e. The van der Waals surface area contributed by atoms with Crippen LogP contribution in [0.3, 0.4) is 0 Å². The molecule has 1 heteroatoms. The minimum atomic E-state index is -0.0120. The van der Waals surface area contributed by atoms with E-state index in [1.165, 1.54) is 36.0 Å². The van der Waals surface area contributed by atoms with Crippen molar-refractivity contribution in [3.8, 4) is 0 Å². The van der Waals surface area contributed by atoms with E-state index >= 15 is 0 Å². The quantitative estimate of drug-likeness (QED) is 0.369. The van der Waals surface area contributed by atoms with Crippen molar-refractivity contribution < 1.29 is 0 Å². The molecule has 1 unspecified atom stereocenters. The molecule has 0 saturated heterocycles. The van der Waals surface area contributed by atoms with Crippen LogP contribution in [0.4, 0.5) is 11.4 Å². The number of benzene rings is 3. The monoisotopic (exact) mass is 413 g/mol. The van der Waals surface area contributed by atoms with Crippen molar-refractivity contribution in [2.45, 2.75) is 71.6 Å². The first-order valence-electron chi connectivity index (χ1n) is 11.8. The van der Waals surface area contributed by atoms with Gasteiger partial charge in [-0.05, 0) is 58.7 Å². The van der Waals surface area contributed by atoms with Crippen LogP contribution in [0.5, 0.6) is 0 Å². The SMILES string of the molecule is CCCC(C)CC(C)(C)c1ccc(Nc2ccc(C(C)(C)c3ccccc3)cc2)cc1. The summed E-state index contributed by atoms with van der Waals surface area (Å²) in [5.41, 5.74) is 6.53. The van der Waals surface area contributed by atoms with Crippen LogP contribution in [0, 0.1) is 5.92 Å². The third-order valence-electron chi connectivity index (χ3n) is 6.70. The molecule has 31 heavy (non-hydrogen) atoms. The first kappa shape index (κ1) is 23.1. The second-order valence-corrected chi connectivity index (χ2v) is 10.3. The largest absolute Gasteiger partial charge is 0.356 e. The summed E-state index contributed by atoms with van der Waals surface area (Å²) in [6, 6.07) is 28.6. The molecule has 1 atom stereocenters. The number of nitrogens with one attached hydrogen (secondary N) is 1. The van der Waals surface area contributed by atoms with Crippen LogP contribution >= 0.6 is 0 Å². The Morgan fingerprint density at radius 3 is 1.68 bits per heavy atom. The topological polar surface area (TPSA) is 12.0 Å². The maximum atomic E-state index is 3.56. The number of hydrogen-bond acceptors (Lipinski definition) is 1. The summed E-state index contributed by atoms with van der Waals surface area (Å²) in [7, 11) is 0. The Labute approximate surface area is 189 Å². The highest BCUT2D eigenvalue weighted by Crippen LogP contribution is 2.34. The van der Waals surface area contributed by atoms with E-state index < -0.39 is 0 Å². The Morgan fingerprint density at radius 2 is 1.16 bits per heavy atom. The van der Waals surface area contributed by atoms with Crippen molar-refractivity contribution in [3.63, 3.8) is 0 Å². The molecule has 3 aromatic rings. The highest BCUT2D eigenvalue weighted by Gasteiger charge is 2.24. The van der Waals surface area contributed by atoms with Crippen molar-refractivity contribution in [3.05, 3.63) is 95.6 Å². The zero-order valence-corrected chi connectivity index (χ0v) is 20.2. The Kier molecular flexibility index (Phi) is 7.26. The third kappa shape index (κ3) is 5.79. The predicted octanol–water partition coefficient (Wildman–Crippen LogP) is 8.86. The van der Waals surface area contributed by atoms with E-state index in [2.05, 4.69) is 126 Å². The molecule has 0 aliphatic carbocycles. The van der Waals surface area contributed by atoms with Gasteiger partial charge in [-0.25, -0.2) is 0 Å². The first-order valence-corrected chi connectivity index (χ1v) is 11.8. The molecule has 0 saturated carbocycles. The number of hydrogen-bond donors (Lipinski definition) is 1. The predicted molar refractivity (Wildman–Crippen MR) is 136 cm³/mol. The van der Waals surface area contributed by atoms with Gasteiger partial charge in [0.25, 0.3) is 0 Å². The molecule has 0 bridgehead atoms. The van der Waals surface area contributed by atoms with Crippen LogP contribution in [0.25, 0.3) is 0 Å². The van der Waals surface area contributed by atoms with Crippen LogP contribution in [0.15, 0.2) is 78.9 Å². The molecule has 0 fully saturated rings. The van der Waals surface area contributed by atoms with Gasteiger partial charge in [-0.2, -0.15) is 0 Å². The molecular formula is C30H39N. The van der Waals surface area contributed by atoms with Gasteiger partial charge < -0.3 is 5.32 Å². The molecule has 0 aliphatic rings. The maximum Gasteiger partial charge on any atom is 0.0384 e. The summed E-state index contributed by atoms with van der Waals surface area (Å²) < 4.78 is 0. The summed E-state index contributed by atoms with van der Waals surface area (Å²) in [5, 5.41) is 3.56.